The van der Waals surface area contributed by atoms with Crippen LogP contribution in [-0.2, 0) is 0 Å². The molecule has 1 heterocycles. The predicted octanol–water partition coefficient (Wildman–Crippen LogP) is 5.64. The summed E-state index contributed by atoms with van der Waals surface area (Å²) in [5.41, 5.74) is 6.08. The van der Waals surface area contributed by atoms with E-state index in [0.717, 1.165) is 0 Å². The molecule has 100 valence electrons. The van der Waals surface area contributed by atoms with Gasteiger partial charge in [-0.25, -0.2) is 0 Å². The number of nitrogens with zero attached hydrogens (tertiary/aromatic N) is 1. The van der Waals surface area contributed by atoms with Crippen LogP contribution in [0.1, 0.15) is 11.1 Å². The van der Waals surface area contributed by atoms with E-state index in [9.17, 15) is 0 Å². The Bertz CT molecular complexity index is 753. The fourth-order valence-electron chi connectivity index (χ4n) is 2.83. The second kappa shape index (κ2) is 4.95. The molecule has 0 spiro atoms. The third-order valence-corrected chi connectivity index (χ3v) is 3.81. The minimum atomic E-state index is 1.18. The molecule has 0 aromatic heterocycles. The molecular formula is C20H15N. The molecule has 3 aromatic carbocycles. The standard InChI is InChI=1S/C20H15N/c1-2-10-18(11-3-1)21-19-12-6-4-8-16(19)14-15-17-9-5-7-13-20(17)21/h1-15H. The summed E-state index contributed by atoms with van der Waals surface area (Å²) < 4.78 is 0. The van der Waals surface area contributed by atoms with Crippen LogP contribution in [0.4, 0.5) is 17.1 Å². The van der Waals surface area contributed by atoms with Crippen LogP contribution in [0, 0.1) is 0 Å². The lowest BCUT2D eigenvalue weighted by atomic mass is 10.1. The first-order valence-electron chi connectivity index (χ1n) is 7.15. The molecule has 0 saturated carbocycles. The molecule has 1 heteroatoms. The second-order valence-corrected chi connectivity index (χ2v) is 5.12. The molecule has 1 nitrogen and oxygen atoms in total. The predicted molar refractivity (Wildman–Crippen MR) is 90.1 cm³/mol. The van der Waals surface area contributed by atoms with Crippen molar-refractivity contribution in [1.82, 2.24) is 0 Å². The Labute approximate surface area is 124 Å². The van der Waals surface area contributed by atoms with Crippen LogP contribution in [0.2, 0.25) is 0 Å². The Balaban J connectivity index is 2.02. The molecule has 0 N–H and O–H groups in total. The van der Waals surface area contributed by atoms with E-state index in [0.29, 0.717) is 0 Å². The quantitative estimate of drug-likeness (QED) is 0.432. The maximum absolute atomic E-state index is 2.32. The molecule has 4 rings (SSSR count). The maximum atomic E-state index is 2.32. The Morgan fingerprint density at radius 3 is 1.52 bits per heavy atom. The lowest BCUT2D eigenvalue weighted by Crippen LogP contribution is -2.11. The number of hydrogen-bond acceptors (Lipinski definition) is 1. The molecule has 0 radical (unpaired) electrons. The summed E-state index contributed by atoms with van der Waals surface area (Å²) in [5, 5.41) is 0. The summed E-state index contributed by atoms with van der Waals surface area (Å²) >= 11 is 0. The zero-order valence-electron chi connectivity index (χ0n) is 11.6. The normalized spacial score (nSPS) is 12.5. The average Bonchev–Trinajstić information content (AvgIpc) is 2.72. The van der Waals surface area contributed by atoms with E-state index in [1.165, 1.54) is 28.2 Å². The van der Waals surface area contributed by atoms with E-state index in [1.54, 1.807) is 0 Å². The summed E-state index contributed by atoms with van der Waals surface area (Å²) in [6.45, 7) is 0. The summed E-state index contributed by atoms with van der Waals surface area (Å²) in [4.78, 5) is 2.32. The highest BCUT2D eigenvalue weighted by Crippen LogP contribution is 2.41. The summed E-state index contributed by atoms with van der Waals surface area (Å²) in [6.07, 6.45) is 4.38. The Kier molecular flexibility index (Phi) is 2.82. The van der Waals surface area contributed by atoms with Crippen molar-refractivity contribution in [3.8, 4) is 0 Å². The van der Waals surface area contributed by atoms with E-state index >= 15 is 0 Å². The van der Waals surface area contributed by atoms with Gasteiger partial charge in [0.1, 0.15) is 0 Å². The molecular weight excluding hydrogens is 254 g/mol. The van der Waals surface area contributed by atoms with E-state index in [-0.39, 0.29) is 0 Å². The van der Waals surface area contributed by atoms with Gasteiger partial charge in [-0.1, -0.05) is 66.7 Å². The van der Waals surface area contributed by atoms with Crippen molar-refractivity contribution in [3.05, 3.63) is 90.0 Å². The number of anilines is 3. The van der Waals surface area contributed by atoms with Crippen LogP contribution in [0.3, 0.4) is 0 Å². The summed E-state index contributed by atoms with van der Waals surface area (Å²) in [5.74, 6) is 0. The first-order chi connectivity index (χ1) is 10.4. The van der Waals surface area contributed by atoms with Crippen LogP contribution in [0.25, 0.3) is 12.2 Å². The highest BCUT2D eigenvalue weighted by Gasteiger charge is 2.18. The first kappa shape index (κ1) is 12.0. The maximum Gasteiger partial charge on any atom is 0.0534 e. The van der Waals surface area contributed by atoms with Crippen LogP contribution in [-0.4, -0.2) is 0 Å². The fourth-order valence-corrected chi connectivity index (χ4v) is 2.83. The zero-order chi connectivity index (χ0) is 14.1. The van der Waals surface area contributed by atoms with Gasteiger partial charge in [0.25, 0.3) is 0 Å². The number of benzene rings is 3. The van der Waals surface area contributed by atoms with Gasteiger partial charge in [-0.3, -0.25) is 0 Å². The van der Waals surface area contributed by atoms with E-state index in [2.05, 4.69) is 95.9 Å². The molecule has 0 unspecified atom stereocenters. The van der Waals surface area contributed by atoms with Crippen molar-refractivity contribution >= 4 is 29.2 Å². The Morgan fingerprint density at radius 2 is 0.952 bits per heavy atom. The van der Waals surface area contributed by atoms with Crippen molar-refractivity contribution in [2.75, 3.05) is 4.90 Å². The van der Waals surface area contributed by atoms with Gasteiger partial charge in [0, 0.05) is 5.69 Å². The first-order valence-corrected chi connectivity index (χ1v) is 7.15. The Hall–Kier alpha value is -2.80. The highest BCUT2D eigenvalue weighted by atomic mass is 15.1. The molecule has 0 atom stereocenters. The van der Waals surface area contributed by atoms with E-state index < -0.39 is 0 Å². The fraction of sp³-hybridized carbons (Fsp3) is 0. The van der Waals surface area contributed by atoms with Crippen molar-refractivity contribution in [2.24, 2.45) is 0 Å². The molecule has 0 fully saturated rings. The van der Waals surface area contributed by atoms with Gasteiger partial charge in [-0.2, -0.15) is 0 Å². The second-order valence-electron chi connectivity index (χ2n) is 5.12. The van der Waals surface area contributed by atoms with Crippen LogP contribution in [0.5, 0.6) is 0 Å². The number of rotatable bonds is 1. The van der Waals surface area contributed by atoms with Crippen molar-refractivity contribution < 1.29 is 0 Å². The molecule has 1 aliphatic rings. The van der Waals surface area contributed by atoms with Crippen LogP contribution in [0.15, 0.2) is 78.9 Å². The van der Waals surface area contributed by atoms with Gasteiger partial charge in [-0.15, -0.1) is 0 Å². The average molecular weight is 269 g/mol. The van der Waals surface area contributed by atoms with Gasteiger partial charge < -0.3 is 4.90 Å². The van der Waals surface area contributed by atoms with E-state index in [4.69, 9.17) is 0 Å². The van der Waals surface area contributed by atoms with Gasteiger partial charge in [0.15, 0.2) is 0 Å². The molecule has 0 aliphatic carbocycles. The Morgan fingerprint density at radius 1 is 0.476 bits per heavy atom. The van der Waals surface area contributed by atoms with Gasteiger partial charge in [-0.05, 0) is 35.4 Å². The molecule has 0 amide bonds. The molecule has 0 saturated heterocycles. The molecule has 0 bridgehead atoms. The van der Waals surface area contributed by atoms with Crippen LogP contribution >= 0.6 is 0 Å². The molecule has 3 aromatic rings. The minimum absolute atomic E-state index is 1.18. The summed E-state index contributed by atoms with van der Waals surface area (Å²) in [7, 11) is 0. The molecule has 21 heavy (non-hydrogen) atoms. The van der Waals surface area contributed by atoms with Crippen LogP contribution < -0.4 is 4.90 Å². The van der Waals surface area contributed by atoms with E-state index in [1.807, 2.05) is 0 Å². The number of fused-ring (bicyclic) bond motifs is 2. The SMILES string of the molecule is C1=Cc2ccccc2N(c2ccccc2)c2ccccc21. The van der Waals surface area contributed by atoms with Gasteiger partial charge in [0.2, 0.25) is 0 Å². The molecule has 1 aliphatic heterocycles. The van der Waals surface area contributed by atoms with Gasteiger partial charge >= 0.3 is 0 Å². The van der Waals surface area contributed by atoms with Crippen molar-refractivity contribution in [1.29, 1.82) is 0 Å². The third kappa shape index (κ3) is 2.03. The lowest BCUT2D eigenvalue weighted by Gasteiger charge is -2.27. The topological polar surface area (TPSA) is 3.24 Å². The number of hydrogen-bond donors (Lipinski definition) is 0. The third-order valence-electron chi connectivity index (χ3n) is 3.81. The van der Waals surface area contributed by atoms with Crippen molar-refractivity contribution in [2.45, 2.75) is 0 Å². The van der Waals surface area contributed by atoms with Crippen molar-refractivity contribution in [3.63, 3.8) is 0 Å². The van der Waals surface area contributed by atoms with Gasteiger partial charge in [0.05, 0.1) is 11.4 Å². The largest absolute Gasteiger partial charge is 0.309 e. The summed E-state index contributed by atoms with van der Waals surface area (Å²) in [6, 6.07) is 27.6. The smallest absolute Gasteiger partial charge is 0.0534 e. The minimum Gasteiger partial charge on any atom is -0.309 e. The monoisotopic (exact) mass is 269 g/mol. The lowest BCUT2D eigenvalue weighted by molar-refractivity contribution is 1.28. The zero-order valence-corrected chi connectivity index (χ0v) is 11.6. The highest BCUT2D eigenvalue weighted by molar-refractivity contribution is 5.93. The number of para-hydroxylation sites is 3.